The molecule has 3 N–H and O–H groups in total. The van der Waals surface area contributed by atoms with Crippen LogP contribution in [-0.4, -0.2) is 55.9 Å². The maximum absolute atomic E-state index is 11.7. The highest BCUT2D eigenvalue weighted by Gasteiger charge is 2.08. The van der Waals surface area contributed by atoms with Gasteiger partial charge in [-0.3, -0.25) is 9.59 Å². The number of nitrogens with one attached hydrogen (secondary N) is 3. The summed E-state index contributed by atoms with van der Waals surface area (Å²) in [5.74, 6) is 0.0860. The van der Waals surface area contributed by atoms with Crippen molar-refractivity contribution in [3.05, 3.63) is 17.8 Å². The van der Waals surface area contributed by atoms with Crippen molar-refractivity contribution >= 4 is 17.6 Å². The molecule has 8 heteroatoms. The lowest BCUT2D eigenvalue weighted by atomic mass is 10.3. The van der Waals surface area contributed by atoms with Crippen LogP contribution in [0.2, 0.25) is 0 Å². The highest BCUT2D eigenvalue weighted by Crippen LogP contribution is 2.00. The van der Waals surface area contributed by atoms with Crippen LogP contribution in [0.5, 0.6) is 0 Å². The van der Waals surface area contributed by atoms with E-state index >= 15 is 0 Å². The lowest BCUT2D eigenvalue weighted by Crippen LogP contribution is -2.32. The molecule has 0 atom stereocenters. The van der Waals surface area contributed by atoms with Crippen molar-refractivity contribution < 1.29 is 14.3 Å². The van der Waals surface area contributed by atoms with E-state index in [0.29, 0.717) is 19.0 Å². The molecule has 2 amide bonds. The second-order valence-electron chi connectivity index (χ2n) is 3.90. The quantitative estimate of drug-likeness (QED) is 0.550. The Balaban J connectivity index is 2.27. The molecule has 0 aromatic carbocycles. The first kappa shape index (κ1) is 15.8. The molecular weight excluding hydrogens is 262 g/mol. The molecule has 0 saturated heterocycles. The van der Waals surface area contributed by atoms with Crippen molar-refractivity contribution in [2.45, 2.75) is 6.42 Å². The van der Waals surface area contributed by atoms with Crippen molar-refractivity contribution in [2.24, 2.45) is 0 Å². The predicted molar refractivity (Wildman–Crippen MR) is 73.4 cm³/mol. The molecule has 1 aromatic rings. The van der Waals surface area contributed by atoms with Gasteiger partial charge in [-0.05, 0) is 12.1 Å². The van der Waals surface area contributed by atoms with Gasteiger partial charge in [-0.2, -0.15) is 0 Å². The summed E-state index contributed by atoms with van der Waals surface area (Å²) in [4.78, 5) is 23.1. The fourth-order valence-electron chi connectivity index (χ4n) is 1.35. The third-order valence-electron chi connectivity index (χ3n) is 2.42. The van der Waals surface area contributed by atoms with E-state index in [1.165, 1.54) is 0 Å². The predicted octanol–water partition coefficient (Wildman–Crippen LogP) is -0.599. The minimum absolute atomic E-state index is 0.140. The van der Waals surface area contributed by atoms with Gasteiger partial charge in [0.25, 0.3) is 5.91 Å². The fraction of sp³-hybridized carbons (Fsp3) is 0.500. The molecule has 0 aliphatic rings. The van der Waals surface area contributed by atoms with Crippen LogP contribution in [0, 0.1) is 0 Å². The zero-order valence-corrected chi connectivity index (χ0v) is 11.6. The smallest absolute Gasteiger partial charge is 0.271 e. The van der Waals surface area contributed by atoms with Crippen LogP contribution in [-0.2, 0) is 9.53 Å². The van der Waals surface area contributed by atoms with Gasteiger partial charge >= 0.3 is 0 Å². The average molecular weight is 281 g/mol. The summed E-state index contributed by atoms with van der Waals surface area (Å²) in [5, 5.41) is 15.6. The number of aromatic nitrogens is 2. The average Bonchev–Trinajstić information content (AvgIpc) is 2.47. The largest absolute Gasteiger partial charge is 0.383 e. The van der Waals surface area contributed by atoms with Crippen LogP contribution in [0.15, 0.2) is 12.1 Å². The number of hydrogen-bond donors (Lipinski definition) is 3. The Hall–Kier alpha value is -2.22. The third kappa shape index (κ3) is 5.61. The standard InChI is InChI=1S/C12H19N5O3/c1-13-10-4-3-9(16-17-10)12(19)15-6-5-11(18)14-7-8-20-2/h3-4H,5-8H2,1-2H3,(H,13,17)(H,14,18)(H,15,19). The molecule has 0 aliphatic carbocycles. The molecule has 1 heterocycles. The topological polar surface area (TPSA) is 105 Å². The van der Waals surface area contributed by atoms with Gasteiger partial charge in [0.2, 0.25) is 5.91 Å². The third-order valence-corrected chi connectivity index (χ3v) is 2.42. The van der Waals surface area contributed by atoms with Crippen molar-refractivity contribution in [3.8, 4) is 0 Å². The summed E-state index contributed by atoms with van der Waals surface area (Å²) in [7, 11) is 3.28. The molecule has 20 heavy (non-hydrogen) atoms. The van der Waals surface area contributed by atoms with Crippen LogP contribution < -0.4 is 16.0 Å². The van der Waals surface area contributed by atoms with Gasteiger partial charge < -0.3 is 20.7 Å². The Morgan fingerprint density at radius 1 is 1.20 bits per heavy atom. The van der Waals surface area contributed by atoms with E-state index in [4.69, 9.17) is 4.74 Å². The van der Waals surface area contributed by atoms with E-state index in [1.807, 2.05) is 0 Å². The van der Waals surface area contributed by atoms with Crippen LogP contribution in [0.3, 0.4) is 0 Å². The number of carbonyl (C=O) groups excluding carboxylic acids is 2. The van der Waals surface area contributed by atoms with E-state index in [9.17, 15) is 9.59 Å². The molecular formula is C12H19N5O3. The van der Waals surface area contributed by atoms with Gasteiger partial charge in [-0.15, -0.1) is 10.2 Å². The number of rotatable bonds is 8. The van der Waals surface area contributed by atoms with Crippen LogP contribution in [0.25, 0.3) is 0 Å². The van der Waals surface area contributed by atoms with Gasteiger partial charge in [0.15, 0.2) is 5.69 Å². The summed E-state index contributed by atoms with van der Waals surface area (Å²) in [6.07, 6.45) is 0.206. The zero-order chi connectivity index (χ0) is 14.8. The number of anilines is 1. The Labute approximate surface area is 117 Å². The van der Waals surface area contributed by atoms with E-state index in [1.54, 1.807) is 26.3 Å². The highest BCUT2D eigenvalue weighted by molar-refractivity contribution is 5.92. The summed E-state index contributed by atoms with van der Waals surface area (Å²) < 4.78 is 4.81. The van der Waals surface area contributed by atoms with E-state index < -0.39 is 0 Å². The van der Waals surface area contributed by atoms with Gasteiger partial charge in [-0.1, -0.05) is 0 Å². The van der Waals surface area contributed by atoms with Crippen LogP contribution in [0.4, 0.5) is 5.82 Å². The number of nitrogens with zero attached hydrogens (tertiary/aromatic N) is 2. The number of methoxy groups -OCH3 is 1. The highest BCUT2D eigenvalue weighted by atomic mass is 16.5. The van der Waals surface area contributed by atoms with Gasteiger partial charge in [0.05, 0.1) is 6.61 Å². The second-order valence-corrected chi connectivity index (χ2v) is 3.90. The van der Waals surface area contributed by atoms with Crippen molar-refractivity contribution in [2.75, 3.05) is 39.2 Å². The Kier molecular flexibility index (Phi) is 6.97. The Morgan fingerprint density at radius 3 is 2.60 bits per heavy atom. The molecule has 0 radical (unpaired) electrons. The molecule has 0 bridgehead atoms. The minimum Gasteiger partial charge on any atom is -0.383 e. The molecule has 0 spiro atoms. The van der Waals surface area contributed by atoms with E-state index in [0.717, 1.165) is 0 Å². The van der Waals surface area contributed by atoms with E-state index in [-0.39, 0.29) is 30.5 Å². The molecule has 8 nitrogen and oxygen atoms in total. The zero-order valence-electron chi connectivity index (χ0n) is 11.6. The summed E-state index contributed by atoms with van der Waals surface area (Å²) >= 11 is 0. The summed E-state index contributed by atoms with van der Waals surface area (Å²) in [6.45, 7) is 1.17. The molecule has 0 unspecified atom stereocenters. The number of ether oxygens (including phenoxy) is 1. The van der Waals surface area contributed by atoms with E-state index in [2.05, 4.69) is 26.1 Å². The second kappa shape index (κ2) is 8.81. The monoisotopic (exact) mass is 281 g/mol. The SMILES string of the molecule is CNc1ccc(C(=O)NCCC(=O)NCCOC)nn1. The summed E-state index contributed by atoms with van der Waals surface area (Å²) in [5.41, 5.74) is 0.212. The van der Waals surface area contributed by atoms with Gasteiger partial charge in [0.1, 0.15) is 5.82 Å². The maximum Gasteiger partial charge on any atom is 0.271 e. The number of carbonyl (C=O) groups is 2. The molecule has 110 valence electrons. The summed E-state index contributed by atoms with van der Waals surface area (Å²) in [6, 6.07) is 3.21. The fourth-order valence-corrected chi connectivity index (χ4v) is 1.35. The minimum atomic E-state index is -0.357. The molecule has 0 saturated carbocycles. The molecule has 0 fully saturated rings. The maximum atomic E-state index is 11.7. The first-order valence-corrected chi connectivity index (χ1v) is 6.22. The normalized spacial score (nSPS) is 9.90. The van der Waals surface area contributed by atoms with Crippen molar-refractivity contribution in [1.82, 2.24) is 20.8 Å². The first-order valence-electron chi connectivity index (χ1n) is 6.22. The molecule has 1 aromatic heterocycles. The number of amides is 2. The lowest BCUT2D eigenvalue weighted by molar-refractivity contribution is -0.121. The van der Waals surface area contributed by atoms with Crippen molar-refractivity contribution in [1.29, 1.82) is 0 Å². The van der Waals surface area contributed by atoms with Gasteiger partial charge in [-0.25, -0.2) is 0 Å². The first-order chi connectivity index (χ1) is 9.67. The Bertz CT molecular complexity index is 435. The molecule has 1 rings (SSSR count). The van der Waals surface area contributed by atoms with Crippen LogP contribution in [0.1, 0.15) is 16.9 Å². The van der Waals surface area contributed by atoms with Crippen molar-refractivity contribution in [3.63, 3.8) is 0 Å². The lowest BCUT2D eigenvalue weighted by Gasteiger charge is -2.06. The van der Waals surface area contributed by atoms with Crippen LogP contribution >= 0.6 is 0 Å². The molecule has 0 aliphatic heterocycles. The number of hydrogen-bond acceptors (Lipinski definition) is 6. The Morgan fingerprint density at radius 2 is 2.00 bits per heavy atom. The van der Waals surface area contributed by atoms with Gasteiger partial charge in [0, 0.05) is 33.7 Å².